The molecule has 0 aliphatic carbocycles. The van der Waals surface area contributed by atoms with Gasteiger partial charge in [-0.1, -0.05) is 66.6 Å². The number of likely N-dealkylation sites (N-methyl/N-ethyl adjacent to an activating group) is 1. The van der Waals surface area contributed by atoms with E-state index < -0.39 is 0 Å². The molecule has 0 bridgehead atoms. The fourth-order valence-electron chi connectivity index (χ4n) is 3.81. The zero-order valence-corrected chi connectivity index (χ0v) is 16.0. The van der Waals surface area contributed by atoms with Crippen molar-refractivity contribution in [2.45, 2.75) is 38.6 Å². The number of aryl methyl sites for hydroxylation is 1. The van der Waals surface area contributed by atoms with E-state index >= 15 is 0 Å². The SMILES string of the molecule is Cc1cccc(CC(=O)N(C)[C@H](CN2CCCCC2)c2ccccc2)c1. The van der Waals surface area contributed by atoms with Crippen LogP contribution in [0.25, 0.3) is 0 Å². The van der Waals surface area contributed by atoms with Crippen LogP contribution < -0.4 is 0 Å². The van der Waals surface area contributed by atoms with Crippen molar-refractivity contribution in [2.24, 2.45) is 0 Å². The highest BCUT2D eigenvalue weighted by Crippen LogP contribution is 2.23. The first kappa shape index (κ1) is 18.7. The van der Waals surface area contributed by atoms with Crippen molar-refractivity contribution in [2.75, 3.05) is 26.7 Å². The Balaban J connectivity index is 1.74. The minimum absolute atomic E-state index is 0.103. The smallest absolute Gasteiger partial charge is 0.227 e. The van der Waals surface area contributed by atoms with E-state index in [1.807, 2.05) is 30.1 Å². The number of hydrogen-bond acceptors (Lipinski definition) is 2. The van der Waals surface area contributed by atoms with Crippen LogP contribution >= 0.6 is 0 Å². The van der Waals surface area contributed by atoms with Gasteiger partial charge < -0.3 is 9.80 Å². The lowest BCUT2D eigenvalue weighted by atomic mass is 10.0. The zero-order valence-electron chi connectivity index (χ0n) is 16.0. The lowest BCUT2D eigenvalue weighted by Crippen LogP contribution is -2.41. The molecule has 1 aliphatic rings. The summed E-state index contributed by atoms with van der Waals surface area (Å²) in [5, 5.41) is 0. The normalized spacial score (nSPS) is 16.2. The van der Waals surface area contributed by atoms with E-state index in [0.29, 0.717) is 6.42 Å². The van der Waals surface area contributed by atoms with Crippen molar-refractivity contribution in [3.8, 4) is 0 Å². The summed E-state index contributed by atoms with van der Waals surface area (Å²) in [6.45, 7) is 5.27. The number of piperidine rings is 1. The predicted molar refractivity (Wildman–Crippen MR) is 107 cm³/mol. The van der Waals surface area contributed by atoms with Gasteiger partial charge in [-0.25, -0.2) is 0 Å². The lowest BCUT2D eigenvalue weighted by molar-refractivity contribution is -0.131. The van der Waals surface area contributed by atoms with Crippen LogP contribution in [0.4, 0.5) is 0 Å². The molecule has 3 heteroatoms. The van der Waals surface area contributed by atoms with Gasteiger partial charge in [0.1, 0.15) is 0 Å². The van der Waals surface area contributed by atoms with Crippen molar-refractivity contribution < 1.29 is 4.79 Å². The highest BCUT2D eigenvalue weighted by atomic mass is 16.2. The van der Waals surface area contributed by atoms with Crippen molar-refractivity contribution in [1.82, 2.24) is 9.80 Å². The fraction of sp³-hybridized carbons (Fsp3) is 0.435. The van der Waals surface area contributed by atoms with Crippen LogP contribution in [-0.4, -0.2) is 42.4 Å². The van der Waals surface area contributed by atoms with Gasteiger partial charge in [-0.05, 0) is 44.0 Å². The molecule has 1 amide bonds. The molecule has 1 heterocycles. The molecule has 3 rings (SSSR count). The molecular formula is C23H30N2O. The second kappa shape index (κ2) is 9.00. The quantitative estimate of drug-likeness (QED) is 0.779. The van der Waals surface area contributed by atoms with Crippen LogP contribution in [0.15, 0.2) is 54.6 Å². The van der Waals surface area contributed by atoms with Gasteiger partial charge in [0.15, 0.2) is 0 Å². The molecule has 1 aliphatic heterocycles. The van der Waals surface area contributed by atoms with E-state index in [-0.39, 0.29) is 11.9 Å². The Hall–Kier alpha value is -2.13. The molecule has 26 heavy (non-hydrogen) atoms. The molecule has 0 N–H and O–H groups in total. The molecule has 0 saturated carbocycles. The Morgan fingerprint density at radius 2 is 1.77 bits per heavy atom. The van der Waals surface area contributed by atoms with Gasteiger partial charge in [-0.15, -0.1) is 0 Å². The molecular weight excluding hydrogens is 320 g/mol. The Morgan fingerprint density at radius 1 is 1.04 bits per heavy atom. The van der Waals surface area contributed by atoms with Crippen LogP contribution in [0.1, 0.15) is 42.0 Å². The lowest BCUT2D eigenvalue weighted by Gasteiger charge is -2.35. The minimum Gasteiger partial charge on any atom is -0.337 e. The molecule has 1 fully saturated rings. The summed E-state index contributed by atoms with van der Waals surface area (Å²) in [6, 6.07) is 18.8. The average Bonchev–Trinajstić information content (AvgIpc) is 2.67. The fourth-order valence-corrected chi connectivity index (χ4v) is 3.81. The van der Waals surface area contributed by atoms with Crippen LogP contribution in [0, 0.1) is 6.92 Å². The van der Waals surface area contributed by atoms with Crippen molar-refractivity contribution >= 4 is 5.91 Å². The summed E-state index contributed by atoms with van der Waals surface area (Å²) in [7, 11) is 1.96. The van der Waals surface area contributed by atoms with Crippen molar-refractivity contribution in [3.05, 3.63) is 71.3 Å². The number of carbonyl (C=O) groups excluding carboxylic acids is 1. The zero-order chi connectivity index (χ0) is 18.4. The van der Waals surface area contributed by atoms with E-state index in [1.54, 1.807) is 0 Å². The van der Waals surface area contributed by atoms with Gasteiger partial charge in [0.05, 0.1) is 12.5 Å². The molecule has 1 atom stereocenters. The summed E-state index contributed by atoms with van der Waals surface area (Å²) in [4.78, 5) is 17.4. The molecule has 0 unspecified atom stereocenters. The van der Waals surface area contributed by atoms with Crippen LogP contribution in [0.3, 0.4) is 0 Å². The largest absolute Gasteiger partial charge is 0.337 e. The first-order valence-electron chi connectivity index (χ1n) is 9.72. The third-order valence-corrected chi connectivity index (χ3v) is 5.36. The molecule has 138 valence electrons. The molecule has 0 spiro atoms. The Labute approximate surface area is 157 Å². The third-order valence-electron chi connectivity index (χ3n) is 5.36. The standard InChI is InChI=1S/C23H30N2O/c1-19-10-9-11-20(16-19)17-23(26)24(2)22(21-12-5-3-6-13-21)18-25-14-7-4-8-15-25/h3,5-6,9-13,16,22H,4,7-8,14-15,17-18H2,1-2H3/t22-/m1/s1. The third kappa shape index (κ3) is 4.95. The number of benzene rings is 2. The number of hydrogen-bond donors (Lipinski definition) is 0. The van der Waals surface area contributed by atoms with Gasteiger partial charge >= 0.3 is 0 Å². The minimum atomic E-state index is 0.103. The highest BCUT2D eigenvalue weighted by Gasteiger charge is 2.25. The predicted octanol–water partition coefficient (Wildman–Crippen LogP) is 4.22. The highest BCUT2D eigenvalue weighted by molar-refractivity contribution is 5.79. The van der Waals surface area contributed by atoms with Crippen LogP contribution in [0.2, 0.25) is 0 Å². The first-order valence-corrected chi connectivity index (χ1v) is 9.72. The van der Waals surface area contributed by atoms with Crippen LogP contribution in [-0.2, 0) is 11.2 Å². The number of amides is 1. The van der Waals surface area contributed by atoms with Gasteiger partial charge in [0.2, 0.25) is 5.91 Å². The molecule has 2 aromatic carbocycles. The van der Waals surface area contributed by atoms with E-state index in [1.165, 1.54) is 30.4 Å². The number of nitrogens with zero attached hydrogens (tertiary/aromatic N) is 2. The monoisotopic (exact) mass is 350 g/mol. The number of likely N-dealkylation sites (tertiary alicyclic amines) is 1. The Morgan fingerprint density at radius 3 is 2.46 bits per heavy atom. The summed E-state index contributed by atoms with van der Waals surface area (Å²) in [5.74, 6) is 0.182. The Kier molecular flexibility index (Phi) is 6.45. The second-order valence-corrected chi connectivity index (χ2v) is 7.46. The van der Waals surface area contributed by atoms with Gasteiger partial charge in [0, 0.05) is 13.6 Å². The topological polar surface area (TPSA) is 23.6 Å². The average molecular weight is 351 g/mol. The molecule has 0 aromatic heterocycles. The van der Waals surface area contributed by atoms with E-state index in [2.05, 4.69) is 48.2 Å². The molecule has 0 radical (unpaired) electrons. The Bertz CT molecular complexity index is 707. The van der Waals surface area contributed by atoms with Crippen molar-refractivity contribution in [1.29, 1.82) is 0 Å². The number of rotatable bonds is 6. The summed E-state index contributed by atoms with van der Waals surface area (Å²) >= 11 is 0. The van der Waals surface area contributed by atoms with E-state index in [0.717, 1.165) is 25.2 Å². The van der Waals surface area contributed by atoms with E-state index in [9.17, 15) is 4.79 Å². The molecule has 1 saturated heterocycles. The second-order valence-electron chi connectivity index (χ2n) is 7.46. The van der Waals surface area contributed by atoms with Gasteiger partial charge in [-0.3, -0.25) is 4.79 Å². The summed E-state index contributed by atoms with van der Waals surface area (Å²) in [6.07, 6.45) is 4.32. The van der Waals surface area contributed by atoms with Gasteiger partial charge in [-0.2, -0.15) is 0 Å². The van der Waals surface area contributed by atoms with E-state index in [4.69, 9.17) is 0 Å². The summed E-state index contributed by atoms with van der Waals surface area (Å²) in [5.41, 5.74) is 3.51. The molecule has 2 aromatic rings. The van der Waals surface area contributed by atoms with Gasteiger partial charge in [0.25, 0.3) is 0 Å². The first-order chi connectivity index (χ1) is 12.6. The van der Waals surface area contributed by atoms with Crippen LogP contribution in [0.5, 0.6) is 0 Å². The van der Waals surface area contributed by atoms with Crippen molar-refractivity contribution in [3.63, 3.8) is 0 Å². The summed E-state index contributed by atoms with van der Waals surface area (Å²) < 4.78 is 0. The number of carbonyl (C=O) groups is 1. The maximum absolute atomic E-state index is 13.0. The maximum atomic E-state index is 13.0. The molecule has 3 nitrogen and oxygen atoms in total. The maximum Gasteiger partial charge on any atom is 0.227 e.